The summed E-state index contributed by atoms with van der Waals surface area (Å²) in [5.41, 5.74) is 0.350. The number of rotatable bonds is 3. The van der Waals surface area contributed by atoms with E-state index < -0.39 is 30.4 Å². The highest BCUT2D eigenvalue weighted by molar-refractivity contribution is 9.10. The van der Waals surface area contributed by atoms with Crippen molar-refractivity contribution in [1.29, 1.82) is 0 Å². The third-order valence-corrected chi connectivity index (χ3v) is 6.93. The van der Waals surface area contributed by atoms with E-state index in [9.17, 15) is 19.5 Å². The average Bonchev–Trinajstić information content (AvgIpc) is 3.53. The number of amides is 2. The van der Waals surface area contributed by atoms with Crippen molar-refractivity contribution in [3.8, 4) is 11.5 Å². The van der Waals surface area contributed by atoms with E-state index in [0.717, 1.165) is 12.8 Å². The Morgan fingerprint density at radius 2 is 2.06 bits per heavy atom. The Hall–Kier alpha value is -2.80. The number of esters is 1. The summed E-state index contributed by atoms with van der Waals surface area (Å²) in [4.78, 5) is 41.6. The molecule has 2 amide bonds. The molecule has 1 fully saturated rings. The Bertz CT molecular complexity index is 1090. The number of cyclic esters (lactones) is 1. The molecule has 1 saturated carbocycles. The standard InChI is InChI=1S/C20H21BrN4O7S/c1-30-13-4-12(26)10-7-33-8-11(19-24-18(25-32-19)9-2-3-9)23-14(27)5-22-15(28)6-31-20(29)16(10)17(13)21/h4,9,11,26H,2-3,5-8H2,1H3,(H,22,28)(H,23,27)/t11-/m0/s1. The van der Waals surface area contributed by atoms with E-state index in [4.69, 9.17) is 14.0 Å². The second-order valence-corrected chi connectivity index (χ2v) is 9.34. The molecule has 2 aromatic rings. The zero-order valence-corrected chi connectivity index (χ0v) is 20.0. The van der Waals surface area contributed by atoms with E-state index in [1.807, 2.05) is 0 Å². The van der Waals surface area contributed by atoms with Gasteiger partial charge in [-0.3, -0.25) is 9.59 Å². The summed E-state index contributed by atoms with van der Waals surface area (Å²) in [6.45, 7) is -0.906. The number of aromatic hydroxyl groups is 1. The highest BCUT2D eigenvalue weighted by Gasteiger charge is 2.31. The van der Waals surface area contributed by atoms with Crippen LogP contribution in [0.2, 0.25) is 0 Å². The molecule has 1 aliphatic carbocycles. The summed E-state index contributed by atoms with van der Waals surface area (Å²) < 4.78 is 16.0. The number of halogens is 1. The first-order valence-corrected chi connectivity index (χ1v) is 12.0. The Balaban J connectivity index is 1.63. The zero-order valence-electron chi connectivity index (χ0n) is 17.6. The number of nitrogens with one attached hydrogen (secondary N) is 2. The van der Waals surface area contributed by atoms with Gasteiger partial charge >= 0.3 is 5.97 Å². The fraction of sp³-hybridized carbons (Fsp3) is 0.450. The maximum absolute atomic E-state index is 12.8. The van der Waals surface area contributed by atoms with Gasteiger partial charge in [0.2, 0.25) is 11.8 Å². The van der Waals surface area contributed by atoms with Gasteiger partial charge in [-0.1, -0.05) is 5.16 Å². The molecule has 0 saturated heterocycles. The second kappa shape index (κ2) is 10.00. The topological polar surface area (TPSA) is 153 Å². The second-order valence-electron chi connectivity index (χ2n) is 7.52. The first-order valence-electron chi connectivity index (χ1n) is 10.1. The molecule has 0 bridgehead atoms. The Morgan fingerprint density at radius 3 is 2.79 bits per heavy atom. The van der Waals surface area contributed by atoms with Crippen molar-refractivity contribution in [2.75, 3.05) is 26.0 Å². The highest BCUT2D eigenvalue weighted by Crippen LogP contribution is 2.40. The lowest BCUT2D eigenvalue weighted by atomic mass is 10.1. The quantitative estimate of drug-likeness (QED) is 0.491. The summed E-state index contributed by atoms with van der Waals surface area (Å²) in [7, 11) is 1.40. The summed E-state index contributed by atoms with van der Waals surface area (Å²) in [5.74, 6) is -0.196. The summed E-state index contributed by atoms with van der Waals surface area (Å²) in [6, 6.07) is 0.757. The number of carbonyl (C=O) groups excluding carboxylic acids is 3. The molecule has 1 atom stereocenters. The van der Waals surface area contributed by atoms with E-state index in [0.29, 0.717) is 21.6 Å². The van der Waals surface area contributed by atoms with Crippen LogP contribution in [0.3, 0.4) is 0 Å². The molecule has 0 radical (unpaired) electrons. The monoisotopic (exact) mass is 540 g/mol. The molecule has 0 spiro atoms. The molecule has 1 aliphatic heterocycles. The summed E-state index contributed by atoms with van der Waals surface area (Å²) in [6.07, 6.45) is 2.00. The number of fused-ring (bicyclic) bond motifs is 1. The molecule has 176 valence electrons. The van der Waals surface area contributed by atoms with Gasteiger partial charge in [0, 0.05) is 29.1 Å². The third-order valence-electron chi connectivity index (χ3n) is 5.08. The SMILES string of the molecule is COc1cc(O)c2c(c1Br)C(=O)OCC(=O)NCC(=O)N[C@H](c1nc(C3CC3)no1)CSC2. The number of nitrogens with zero attached hydrogens (tertiary/aromatic N) is 2. The van der Waals surface area contributed by atoms with Crippen LogP contribution in [0.5, 0.6) is 11.5 Å². The fourth-order valence-electron chi connectivity index (χ4n) is 3.19. The van der Waals surface area contributed by atoms with Crippen LogP contribution < -0.4 is 15.4 Å². The number of hydrogen-bond acceptors (Lipinski definition) is 10. The smallest absolute Gasteiger partial charge is 0.340 e. The molecule has 33 heavy (non-hydrogen) atoms. The Kier molecular flexibility index (Phi) is 7.08. The van der Waals surface area contributed by atoms with Gasteiger partial charge in [-0.15, -0.1) is 0 Å². The predicted molar refractivity (Wildman–Crippen MR) is 119 cm³/mol. The van der Waals surface area contributed by atoms with Crippen LogP contribution >= 0.6 is 27.7 Å². The summed E-state index contributed by atoms with van der Waals surface area (Å²) in [5, 5.41) is 19.7. The highest BCUT2D eigenvalue weighted by atomic mass is 79.9. The minimum Gasteiger partial charge on any atom is -0.507 e. The molecule has 2 heterocycles. The molecular formula is C20H21BrN4O7S. The molecule has 0 unspecified atom stereocenters. The lowest BCUT2D eigenvalue weighted by Gasteiger charge is -2.19. The van der Waals surface area contributed by atoms with Crippen molar-refractivity contribution in [2.45, 2.75) is 30.6 Å². The minimum absolute atomic E-state index is 0.0543. The largest absolute Gasteiger partial charge is 0.507 e. The number of phenolic OH excluding ortho intramolecular Hbond substituents is 1. The van der Waals surface area contributed by atoms with Crippen molar-refractivity contribution in [1.82, 2.24) is 20.8 Å². The van der Waals surface area contributed by atoms with E-state index >= 15 is 0 Å². The molecule has 11 nitrogen and oxygen atoms in total. The maximum Gasteiger partial charge on any atom is 0.340 e. The number of benzene rings is 1. The average molecular weight is 541 g/mol. The van der Waals surface area contributed by atoms with Gasteiger partial charge in [0.1, 0.15) is 17.5 Å². The van der Waals surface area contributed by atoms with Gasteiger partial charge in [0.25, 0.3) is 5.91 Å². The van der Waals surface area contributed by atoms with Crippen LogP contribution in [0.25, 0.3) is 0 Å². The minimum atomic E-state index is -0.814. The third kappa shape index (κ3) is 5.41. The predicted octanol–water partition coefficient (Wildman–Crippen LogP) is 1.80. The van der Waals surface area contributed by atoms with Crippen molar-refractivity contribution in [2.24, 2.45) is 0 Å². The molecule has 13 heteroatoms. The molecular weight excluding hydrogens is 520 g/mol. The summed E-state index contributed by atoms with van der Waals surface area (Å²) >= 11 is 4.67. The van der Waals surface area contributed by atoms with Crippen LogP contribution in [-0.4, -0.2) is 59.0 Å². The van der Waals surface area contributed by atoms with Crippen molar-refractivity contribution in [3.05, 3.63) is 33.4 Å². The van der Waals surface area contributed by atoms with Crippen molar-refractivity contribution < 1.29 is 33.5 Å². The normalized spacial score (nSPS) is 20.2. The van der Waals surface area contributed by atoms with Gasteiger partial charge < -0.3 is 29.7 Å². The Morgan fingerprint density at radius 1 is 1.27 bits per heavy atom. The first-order chi connectivity index (χ1) is 15.9. The lowest BCUT2D eigenvalue weighted by Crippen LogP contribution is -2.41. The van der Waals surface area contributed by atoms with Gasteiger partial charge in [-0.2, -0.15) is 16.7 Å². The van der Waals surface area contributed by atoms with Crippen molar-refractivity contribution in [3.63, 3.8) is 0 Å². The first kappa shape index (κ1) is 23.4. The van der Waals surface area contributed by atoms with Crippen molar-refractivity contribution >= 4 is 45.5 Å². The van der Waals surface area contributed by atoms with Gasteiger partial charge in [0.15, 0.2) is 12.4 Å². The maximum atomic E-state index is 12.8. The van der Waals surface area contributed by atoms with E-state index in [-0.39, 0.29) is 41.2 Å². The Labute approximate surface area is 201 Å². The van der Waals surface area contributed by atoms with Crippen LogP contribution in [0.4, 0.5) is 0 Å². The van der Waals surface area contributed by atoms with Crippen LogP contribution in [0.1, 0.15) is 52.4 Å². The molecule has 1 aromatic carbocycles. The van der Waals surface area contributed by atoms with E-state index in [1.54, 1.807) is 0 Å². The number of carbonyl (C=O) groups is 3. The van der Waals surface area contributed by atoms with E-state index in [1.165, 1.54) is 24.9 Å². The number of thioether (sulfide) groups is 1. The van der Waals surface area contributed by atoms with Crippen LogP contribution in [0, 0.1) is 0 Å². The number of methoxy groups -OCH3 is 1. The van der Waals surface area contributed by atoms with Crippen LogP contribution in [-0.2, 0) is 20.1 Å². The lowest BCUT2D eigenvalue weighted by molar-refractivity contribution is -0.128. The number of hydrogen-bond donors (Lipinski definition) is 3. The molecule has 3 N–H and O–H groups in total. The fourth-order valence-corrected chi connectivity index (χ4v) is 4.95. The molecule has 1 aromatic heterocycles. The van der Waals surface area contributed by atoms with Gasteiger partial charge in [-0.05, 0) is 28.8 Å². The van der Waals surface area contributed by atoms with Gasteiger partial charge in [-0.25, -0.2) is 4.79 Å². The van der Waals surface area contributed by atoms with Crippen LogP contribution in [0.15, 0.2) is 15.1 Å². The number of ether oxygens (including phenoxy) is 2. The molecule has 2 aliphatic rings. The number of phenols is 1. The van der Waals surface area contributed by atoms with Gasteiger partial charge in [0.05, 0.1) is 23.7 Å². The van der Waals surface area contributed by atoms with E-state index in [2.05, 4.69) is 36.7 Å². The zero-order chi connectivity index (χ0) is 23.5. The molecule has 4 rings (SSSR count). The number of aromatic nitrogens is 2.